The second-order valence-electron chi connectivity index (χ2n) is 5.73. The first kappa shape index (κ1) is 16.6. The molecule has 6 nitrogen and oxygen atoms in total. The van der Waals surface area contributed by atoms with Crippen molar-refractivity contribution in [2.24, 2.45) is 5.92 Å². The van der Waals surface area contributed by atoms with Gasteiger partial charge in [-0.3, -0.25) is 4.79 Å². The number of thiophene rings is 1. The number of aromatic nitrogens is 1. The number of esters is 1. The Morgan fingerprint density at radius 2 is 2.29 bits per heavy atom. The number of nitrogens with one attached hydrogen (secondary N) is 1. The predicted octanol–water partition coefficient (Wildman–Crippen LogP) is 2.84. The molecule has 0 aliphatic heterocycles. The van der Waals surface area contributed by atoms with Crippen LogP contribution in [0.4, 0.5) is 0 Å². The predicted molar refractivity (Wildman–Crippen MR) is 90.6 cm³/mol. The molecule has 1 N–H and O–H groups in total. The highest BCUT2D eigenvalue weighted by Gasteiger charge is 2.43. The Bertz CT molecular complexity index is 790. The lowest BCUT2D eigenvalue weighted by Crippen LogP contribution is -2.48. The van der Waals surface area contributed by atoms with Crippen LogP contribution in [0.15, 0.2) is 22.9 Å². The van der Waals surface area contributed by atoms with Gasteiger partial charge in [0.2, 0.25) is 0 Å². The van der Waals surface area contributed by atoms with Crippen molar-refractivity contribution in [2.45, 2.75) is 25.3 Å². The molecule has 2 aromatic heterocycles. The zero-order chi connectivity index (χ0) is 17.2. The quantitative estimate of drug-likeness (QED) is 0.799. The van der Waals surface area contributed by atoms with Gasteiger partial charge in [-0.25, -0.2) is 9.78 Å². The molecule has 8 heteroatoms. The summed E-state index contributed by atoms with van der Waals surface area (Å²) in [5.41, 5.74) is -0.711. The fourth-order valence-corrected chi connectivity index (χ4v) is 3.90. The summed E-state index contributed by atoms with van der Waals surface area (Å²) < 4.78 is 5.00. The number of hydrogen-bond acceptors (Lipinski definition) is 7. The van der Waals surface area contributed by atoms with Crippen LogP contribution in [0.3, 0.4) is 0 Å². The lowest BCUT2D eigenvalue weighted by atomic mass is 9.98. The van der Waals surface area contributed by atoms with E-state index < -0.39 is 24.0 Å². The van der Waals surface area contributed by atoms with E-state index in [4.69, 9.17) is 4.74 Å². The number of thiazole rings is 1. The molecule has 3 rings (SSSR count). The SMILES string of the molecule is C[C@](C#N)(NC(=O)COC(=O)c1csc(-c2cccs2)n1)C1CC1. The topological polar surface area (TPSA) is 92.1 Å². The van der Waals surface area contributed by atoms with E-state index in [0.717, 1.165) is 22.7 Å². The summed E-state index contributed by atoms with van der Waals surface area (Å²) in [5, 5.41) is 16.1. The Morgan fingerprint density at radius 3 is 2.92 bits per heavy atom. The van der Waals surface area contributed by atoms with Gasteiger partial charge in [-0.05, 0) is 37.1 Å². The highest BCUT2D eigenvalue weighted by Crippen LogP contribution is 2.39. The maximum Gasteiger partial charge on any atom is 0.358 e. The van der Waals surface area contributed by atoms with E-state index in [1.165, 1.54) is 22.7 Å². The highest BCUT2D eigenvalue weighted by atomic mass is 32.1. The van der Waals surface area contributed by atoms with Gasteiger partial charge in [-0.2, -0.15) is 5.26 Å². The average molecular weight is 361 g/mol. The lowest BCUT2D eigenvalue weighted by Gasteiger charge is -2.22. The fourth-order valence-electron chi connectivity index (χ4n) is 2.29. The molecule has 124 valence electrons. The Kier molecular flexibility index (Phi) is 4.64. The van der Waals surface area contributed by atoms with Crippen LogP contribution in [0.25, 0.3) is 9.88 Å². The first-order valence-corrected chi connectivity index (χ1v) is 9.16. The van der Waals surface area contributed by atoms with E-state index in [-0.39, 0.29) is 11.6 Å². The molecule has 0 aromatic carbocycles. The van der Waals surface area contributed by atoms with Gasteiger partial charge < -0.3 is 10.1 Å². The van der Waals surface area contributed by atoms with Gasteiger partial charge in [0.15, 0.2) is 12.3 Å². The lowest BCUT2D eigenvalue weighted by molar-refractivity contribution is -0.125. The van der Waals surface area contributed by atoms with Crippen molar-refractivity contribution in [2.75, 3.05) is 6.61 Å². The zero-order valence-electron chi connectivity index (χ0n) is 12.9. The van der Waals surface area contributed by atoms with E-state index >= 15 is 0 Å². The Labute approximate surface area is 147 Å². The summed E-state index contributed by atoms with van der Waals surface area (Å²) in [6.07, 6.45) is 1.85. The molecule has 1 saturated carbocycles. The summed E-state index contributed by atoms with van der Waals surface area (Å²) in [6, 6.07) is 5.96. The van der Waals surface area contributed by atoms with Crippen molar-refractivity contribution in [3.8, 4) is 16.0 Å². The number of carbonyl (C=O) groups excluding carboxylic acids is 2. The molecule has 1 fully saturated rings. The van der Waals surface area contributed by atoms with Gasteiger partial charge in [0.1, 0.15) is 10.5 Å². The van der Waals surface area contributed by atoms with Crippen LogP contribution in [-0.4, -0.2) is 29.0 Å². The molecule has 0 bridgehead atoms. The molecule has 1 aliphatic rings. The van der Waals surface area contributed by atoms with Crippen molar-refractivity contribution in [1.82, 2.24) is 10.3 Å². The first-order chi connectivity index (χ1) is 11.5. The van der Waals surface area contributed by atoms with Crippen molar-refractivity contribution in [3.63, 3.8) is 0 Å². The minimum Gasteiger partial charge on any atom is -0.451 e. The molecule has 2 aromatic rings. The third-order valence-electron chi connectivity index (χ3n) is 3.80. The van der Waals surface area contributed by atoms with Crippen molar-refractivity contribution >= 4 is 34.6 Å². The first-order valence-electron chi connectivity index (χ1n) is 7.40. The molecule has 0 spiro atoms. The molecule has 1 aliphatic carbocycles. The van der Waals surface area contributed by atoms with E-state index in [0.29, 0.717) is 0 Å². The summed E-state index contributed by atoms with van der Waals surface area (Å²) >= 11 is 2.89. The van der Waals surface area contributed by atoms with E-state index in [1.54, 1.807) is 12.3 Å². The smallest absolute Gasteiger partial charge is 0.358 e. The number of carbonyl (C=O) groups is 2. The Balaban J connectivity index is 1.54. The molecule has 1 amide bonds. The standard InChI is InChI=1S/C16H15N3O3S2/c1-16(9-17,10-4-5-10)19-13(20)7-22-15(21)11-8-24-14(18-11)12-3-2-6-23-12/h2-3,6,8,10H,4-5,7H2,1H3,(H,19,20)/t16-/m1/s1. The van der Waals surface area contributed by atoms with E-state index in [9.17, 15) is 14.9 Å². The van der Waals surface area contributed by atoms with Crippen LogP contribution < -0.4 is 5.32 Å². The zero-order valence-corrected chi connectivity index (χ0v) is 14.6. The molecular formula is C16H15N3O3S2. The van der Waals surface area contributed by atoms with Crippen LogP contribution in [0, 0.1) is 17.2 Å². The normalized spacial score (nSPS) is 16.0. The summed E-state index contributed by atoms with van der Waals surface area (Å²) in [5.74, 6) is -0.948. The largest absolute Gasteiger partial charge is 0.451 e. The maximum absolute atomic E-state index is 12.0. The van der Waals surface area contributed by atoms with Gasteiger partial charge in [0.05, 0.1) is 10.9 Å². The summed E-state index contributed by atoms with van der Waals surface area (Å²) in [7, 11) is 0. The molecule has 0 radical (unpaired) electrons. The van der Waals surface area contributed by atoms with Gasteiger partial charge in [0.25, 0.3) is 5.91 Å². The minimum atomic E-state index is -0.892. The van der Waals surface area contributed by atoms with Crippen molar-refractivity contribution < 1.29 is 14.3 Å². The maximum atomic E-state index is 12.0. The number of ether oxygens (including phenoxy) is 1. The van der Waals surface area contributed by atoms with Crippen LogP contribution in [0.2, 0.25) is 0 Å². The number of amides is 1. The number of hydrogen-bond donors (Lipinski definition) is 1. The number of nitriles is 1. The summed E-state index contributed by atoms with van der Waals surface area (Å²) in [6.45, 7) is 1.27. The second kappa shape index (κ2) is 6.71. The van der Waals surface area contributed by atoms with Crippen LogP contribution in [-0.2, 0) is 9.53 Å². The highest BCUT2D eigenvalue weighted by molar-refractivity contribution is 7.20. The minimum absolute atomic E-state index is 0.175. The van der Waals surface area contributed by atoms with Gasteiger partial charge >= 0.3 is 5.97 Å². The van der Waals surface area contributed by atoms with Crippen molar-refractivity contribution in [1.29, 1.82) is 5.26 Å². The Morgan fingerprint density at radius 1 is 1.50 bits per heavy atom. The molecule has 0 unspecified atom stereocenters. The van der Waals surface area contributed by atoms with Crippen LogP contribution in [0.1, 0.15) is 30.3 Å². The van der Waals surface area contributed by atoms with Crippen LogP contribution >= 0.6 is 22.7 Å². The number of nitrogens with zero attached hydrogens (tertiary/aromatic N) is 2. The van der Waals surface area contributed by atoms with E-state index in [1.807, 2.05) is 17.5 Å². The fraction of sp³-hybridized carbons (Fsp3) is 0.375. The molecule has 0 saturated heterocycles. The van der Waals surface area contributed by atoms with Gasteiger partial charge in [-0.15, -0.1) is 22.7 Å². The molecule has 24 heavy (non-hydrogen) atoms. The molecular weight excluding hydrogens is 346 g/mol. The third kappa shape index (κ3) is 3.63. The van der Waals surface area contributed by atoms with Crippen LogP contribution in [0.5, 0.6) is 0 Å². The monoisotopic (exact) mass is 361 g/mol. The van der Waals surface area contributed by atoms with Gasteiger partial charge in [0, 0.05) is 5.38 Å². The van der Waals surface area contributed by atoms with E-state index in [2.05, 4.69) is 16.4 Å². The second-order valence-corrected chi connectivity index (χ2v) is 7.53. The molecule has 2 heterocycles. The van der Waals surface area contributed by atoms with Gasteiger partial charge in [-0.1, -0.05) is 6.07 Å². The molecule has 1 atom stereocenters. The average Bonchev–Trinajstić information content (AvgIpc) is 3.10. The Hall–Kier alpha value is -2.24. The third-order valence-corrected chi connectivity index (χ3v) is 5.69. The number of rotatable bonds is 6. The van der Waals surface area contributed by atoms with Crippen molar-refractivity contribution in [3.05, 3.63) is 28.6 Å². The summed E-state index contributed by atoms with van der Waals surface area (Å²) in [4.78, 5) is 29.1.